The summed E-state index contributed by atoms with van der Waals surface area (Å²) in [6.45, 7) is 2.20. The molecule has 1 fully saturated rings. The number of benzene rings is 1. The zero-order chi connectivity index (χ0) is 15.5. The van der Waals surface area contributed by atoms with Crippen LogP contribution >= 0.6 is 15.9 Å². The van der Waals surface area contributed by atoms with Gasteiger partial charge in [0.25, 0.3) is 0 Å². The minimum Gasteiger partial charge on any atom is -0.382 e. The highest BCUT2D eigenvalue weighted by Crippen LogP contribution is 2.37. The molecule has 1 aromatic rings. The molecule has 1 saturated carbocycles. The van der Waals surface area contributed by atoms with Crippen LogP contribution in [-0.2, 0) is 6.18 Å². The lowest BCUT2D eigenvalue weighted by Crippen LogP contribution is -2.26. The summed E-state index contributed by atoms with van der Waals surface area (Å²) in [5, 5.41) is 3.26. The molecule has 0 aromatic heterocycles. The molecule has 0 saturated heterocycles. The molecule has 0 radical (unpaired) electrons. The van der Waals surface area contributed by atoms with Crippen molar-refractivity contribution in [2.75, 3.05) is 5.32 Å². The zero-order valence-electron chi connectivity index (χ0n) is 12.1. The van der Waals surface area contributed by atoms with Gasteiger partial charge in [-0.2, -0.15) is 13.2 Å². The molecule has 1 nitrogen and oxygen atoms in total. The van der Waals surface area contributed by atoms with Crippen molar-refractivity contribution in [1.82, 2.24) is 0 Å². The van der Waals surface area contributed by atoms with Crippen molar-refractivity contribution in [3.8, 4) is 0 Å². The third-order valence-corrected chi connectivity index (χ3v) is 4.88. The van der Waals surface area contributed by atoms with Crippen molar-refractivity contribution in [1.29, 1.82) is 0 Å². The lowest BCUT2D eigenvalue weighted by atomic mass is 9.83. The van der Waals surface area contributed by atoms with Gasteiger partial charge < -0.3 is 5.32 Å². The van der Waals surface area contributed by atoms with Gasteiger partial charge in [0.05, 0.1) is 5.56 Å². The van der Waals surface area contributed by atoms with Gasteiger partial charge >= 0.3 is 6.18 Å². The number of hydrogen-bond donors (Lipinski definition) is 1. The van der Waals surface area contributed by atoms with Gasteiger partial charge in [0.1, 0.15) is 0 Å². The minimum absolute atomic E-state index is 0.0900. The van der Waals surface area contributed by atoms with Gasteiger partial charge in [-0.05, 0) is 49.8 Å². The molecule has 1 aliphatic carbocycles. The van der Waals surface area contributed by atoms with E-state index in [0.29, 0.717) is 11.7 Å². The smallest absolute Gasteiger partial charge is 0.382 e. The van der Waals surface area contributed by atoms with Gasteiger partial charge in [0.2, 0.25) is 0 Å². The molecule has 0 amide bonds. The van der Waals surface area contributed by atoms with Crippen LogP contribution in [0.2, 0.25) is 0 Å². The standard InChI is InChI=1S/C16H21BrF3N/c1-2-3-11-4-6-12(7-5-11)21-13-8-9-15(17)14(10-13)16(18,19)20/h8-12,21H,2-7H2,1H3. The molecule has 118 valence electrons. The number of nitrogens with one attached hydrogen (secondary N) is 1. The van der Waals surface area contributed by atoms with E-state index in [-0.39, 0.29) is 4.47 Å². The van der Waals surface area contributed by atoms with Gasteiger partial charge in [-0.1, -0.05) is 35.7 Å². The van der Waals surface area contributed by atoms with Crippen molar-refractivity contribution in [3.63, 3.8) is 0 Å². The largest absolute Gasteiger partial charge is 0.417 e. The van der Waals surface area contributed by atoms with E-state index in [1.807, 2.05) is 0 Å². The summed E-state index contributed by atoms with van der Waals surface area (Å²) in [6.07, 6.45) is 2.59. The Kier molecular flexibility index (Phi) is 5.58. The highest BCUT2D eigenvalue weighted by Gasteiger charge is 2.33. The Labute approximate surface area is 132 Å². The van der Waals surface area contributed by atoms with Gasteiger partial charge in [0, 0.05) is 16.2 Å². The molecule has 0 atom stereocenters. The number of halogens is 4. The Morgan fingerprint density at radius 2 is 1.86 bits per heavy atom. The van der Waals surface area contributed by atoms with Gasteiger partial charge in [-0.25, -0.2) is 0 Å². The fraction of sp³-hybridized carbons (Fsp3) is 0.625. The van der Waals surface area contributed by atoms with E-state index in [9.17, 15) is 13.2 Å². The normalized spacial score (nSPS) is 23.1. The Balaban J connectivity index is 1.98. The summed E-state index contributed by atoms with van der Waals surface area (Å²) < 4.78 is 38.7. The Bertz CT molecular complexity index is 465. The fourth-order valence-corrected chi connectivity index (χ4v) is 3.54. The fourth-order valence-electron chi connectivity index (χ4n) is 3.07. The number of alkyl halides is 3. The van der Waals surface area contributed by atoms with Crippen LogP contribution in [0, 0.1) is 5.92 Å². The van der Waals surface area contributed by atoms with Crippen LogP contribution < -0.4 is 5.32 Å². The maximum absolute atomic E-state index is 12.9. The third-order valence-electron chi connectivity index (χ3n) is 4.19. The molecule has 1 aliphatic rings. The number of hydrogen-bond acceptors (Lipinski definition) is 1. The summed E-state index contributed by atoms with van der Waals surface area (Å²) in [6, 6.07) is 4.66. The van der Waals surface area contributed by atoms with Crippen LogP contribution in [-0.4, -0.2) is 6.04 Å². The highest BCUT2D eigenvalue weighted by molar-refractivity contribution is 9.10. The van der Waals surface area contributed by atoms with E-state index < -0.39 is 11.7 Å². The van der Waals surface area contributed by atoms with E-state index in [0.717, 1.165) is 18.8 Å². The van der Waals surface area contributed by atoms with Gasteiger partial charge in [-0.3, -0.25) is 0 Å². The molecule has 0 unspecified atom stereocenters. The van der Waals surface area contributed by atoms with Crippen LogP contribution in [0.1, 0.15) is 51.0 Å². The maximum Gasteiger partial charge on any atom is 0.417 e. The van der Waals surface area contributed by atoms with Crippen LogP contribution in [0.25, 0.3) is 0 Å². The van der Waals surface area contributed by atoms with Crippen LogP contribution in [0.3, 0.4) is 0 Å². The first-order chi connectivity index (χ1) is 9.90. The molecule has 0 aliphatic heterocycles. The molecule has 0 bridgehead atoms. The lowest BCUT2D eigenvalue weighted by molar-refractivity contribution is -0.138. The van der Waals surface area contributed by atoms with Crippen molar-refractivity contribution in [2.45, 2.75) is 57.7 Å². The molecule has 0 spiro atoms. The molecule has 1 N–H and O–H groups in total. The summed E-state index contributed by atoms with van der Waals surface area (Å²) in [7, 11) is 0. The topological polar surface area (TPSA) is 12.0 Å². The highest BCUT2D eigenvalue weighted by atomic mass is 79.9. The molecule has 5 heteroatoms. The van der Waals surface area contributed by atoms with Crippen LogP contribution in [0.5, 0.6) is 0 Å². The second kappa shape index (κ2) is 7.03. The predicted octanol–water partition coefficient (Wildman–Crippen LogP) is 6.24. The second-order valence-corrected chi connectivity index (χ2v) is 6.70. The molecular weight excluding hydrogens is 343 g/mol. The van der Waals surface area contributed by atoms with Crippen LogP contribution in [0.4, 0.5) is 18.9 Å². The Morgan fingerprint density at radius 1 is 1.19 bits per heavy atom. The molecule has 1 aromatic carbocycles. The predicted molar refractivity (Wildman–Crippen MR) is 83.4 cm³/mol. The first-order valence-corrected chi connectivity index (χ1v) is 8.32. The summed E-state index contributed by atoms with van der Waals surface area (Å²) in [5.41, 5.74) is -0.0587. The summed E-state index contributed by atoms with van der Waals surface area (Å²) in [5.74, 6) is 0.795. The van der Waals surface area contributed by atoms with Crippen molar-refractivity contribution >= 4 is 21.6 Å². The quantitative estimate of drug-likeness (QED) is 0.667. The SMILES string of the molecule is CCCC1CCC(Nc2ccc(Br)c(C(F)(F)F)c2)CC1. The van der Waals surface area contributed by atoms with E-state index in [1.165, 1.54) is 37.8 Å². The third kappa shape index (κ3) is 4.63. The van der Waals surface area contributed by atoms with Crippen LogP contribution in [0.15, 0.2) is 22.7 Å². The van der Waals surface area contributed by atoms with Gasteiger partial charge in [-0.15, -0.1) is 0 Å². The second-order valence-electron chi connectivity index (χ2n) is 5.84. The first kappa shape index (κ1) is 16.7. The van der Waals surface area contributed by atoms with E-state index in [1.54, 1.807) is 6.07 Å². The van der Waals surface area contributed by atoms with Crippen molar-refractivity contribution in [2.24, 2.45) is 5.92 Å². The monoisotopic (exact) mass is 363 g/mol. The molecule has 2 rings (SSSR count). The number of anilines is 1. The summed E-state index contributed by atoms with van der Waals surface area (Å²) >= 11 is 2.97. The zero-order valence-corrected chi connectivity index (χ0v) is 13.7. The van der Waals surface area contributed by atoms with E-state index in [4.69, 9.17) is 0 Å². The average Bonchev–Trinajstić information content (AvgIpc) is 2.42. The minimum atomic E-state index is -4.32. The Morgan fingerprint density at radius 3 is 2.43 bits per heavy atom. The summed E-state index contributed by atoms with van der Waals surface area (Å²) in [4.78, 5) is 0. The first-order valence-electron chi connectivity index (χ1n) is 7.53. The van der Waals surface area contributed by atoms with Crippen molar-refractivity contribution < 1.29 is 13.2 Å². The molecular formula is C16H21BrF3N. The van der Waals surface area contributed by atoms with Gasteiger partial charge in [0.15, 0.2) is 0 Å². The molecule has 0 heterocycles. The Hall–Kier alpha value is -0.710. The van der Waals surface area contributed by atoms with Crippen molar-refractivity contribution in [3.05, 3.63) is 28.2 Å². The molecule has 21 heavy (non-hydrogen) atoms. The average molecular weight is 364 g/mol. The lowest BCUT2D eigenvalue weighted by Gasteiger charge is -2.29. The number of rotatable bonds is 4. The maximum atomic E-state index is 12.9. The van der Waals surface area contributed by atoms with E-state index >= 15 is 0 Å². The van der Waals surface area contributed by atoms with E-state index in [2.05, 4.69) is 28.2 Å².